The number of sulfone groups is 1. The molecule has 1 unspecified atom stereocenters. The normalized spacial score (nSPS) is 18.6. The number of rotatable bonds is 17. The molecule has 5 heteroatoms. The Bertz CT molecular complexity index is 473. The van der Waals surface area contributed by atoms with Crippen LogP contribution in [0.1, 0.15) is 122 Å². The van der Waals surface area contributed by atoms with E-state index < -0.39 is 15.3 Å². The Kier molecular flexibility index (Phi) is 13.9. The lowest BCUT2D eigenvalue weighted by Crippen LogP contribution is -2.23. The molecule has 1 rings (SSSR count). The number of carbonyl (C=O) groups is 1. The highest BCUT2D eigenvalue weighted by Gasteiger charge is 2.34. The SMILES string of the molecule is CCCCCCCCCCCCCCCCCC(=O)OC1CCCS1(=O)=O. The van der Waals surface area contributed by atoms with Gasteiger partial charge in [-0.1, -0.05) is 96.8 Å². The van der Waals surface area contributed by atoms with Crippen LogP contribution in [0.4, 0.5) is 0 Å². The van der Waals surface area contributed by atoms with Crippen LogP contribution in [0.5, 0.6) is 0 Å². The molecule has 1 heterocycles. The van der Waals surface area contributed by atoms with Crippen LogP contribution in [-0.4, -0.2) is 25.6 Å². The average molecular weight is 403 g/mol. The molecule has 0 aromatic carbocycles. The highest BCUT2D eigenvalue weighted by Crippen LogP contribution is 2.22. The van der Waals surface area contributed by atoms with Crippen molar-refractivity contribution in [3.05, 3.63) is 0 Å². The molecule has 1 saturated heterocycles. The minimum absolute atomic E-state index is 0.157. The maximum Gasteiger partial charge on any atom is 0.307 e. The fraction of sp³-hybridized carbons (Fsp3) is 0.955. The first-order valence-electron chi connectivity index (χ1n) is 11.5. The van der Waals surface area contributed by atoms with Crippen LogP contribution >= 0.6 is 0 Å². The molecule has 1 aliphatic rings. The van der Waals surface area contributed by atoms with Gasteiger partial charge in [0, 0.05) is 6.42 Å². The lowest BCUT2D eigenvalue weighted by molar-refractivity contribution is -0.145. The molecule has 0 saturated carbocycles. The van der Waals surface area contributed by atoms with Crippen molar-refractivity contribution >= 4 is 15.8 Å². The molecule has 27 heavy (non-hydrogen) atoms. The van der Waals surface area contributed by atoms with E-state index in [-0.39, 0.29) is 11.7 Å². The zero-order valence-electron chi connectivity index (χ0n) is 17.6. The van der Waals surface area contributed by atoms with Crippen LogP contribution in [-0.2, 0) is 19.4 Å². The van der Waals surface area contributed by atoms with Gasteiger partial charge in [0.2, 0.25) is 5.44 Å². The van der Waals surface area contributed by atoms with Gasteiger partial charge in [0.05, 0.1) is 5.75 Å². The molecule has 1 fully saturated rings. The van der Waals surface area contributed by atoms with Crippen LogP contribution < -0.4 is 0 Å². The molecule has 0 aromatic heterocycles. The van der Waals surface area contributed by atoms with Crippen LogP contribution in [0, 0.1) is 0 Å². The lowest BCUT2D eigenvalue weighted by Gasteiger charge is -2.11. The summed E-state index contributed by atoms with van der Waals surface area (Å²) in [5.41, 5.74) is -0.874. The van der Waals surface area contributed by atoms with Gasteiger partial charge in [-0.05, 0) is 19.3 Å². The van der Waals surface area contributed by atoms with Crippen molar-refractivity contribution in [1.82, 2.24) is 0 Å². The second-order valence-electron chi connectivity index (χ2n) is 8.13. The standard InChI is InChI=1S/C22H42O4S/c1-2-3-4-5-6-7-8-9-10-11-12-13-14-15-16-18-21(23)26-22-19-17-20-27(22,24)25/h22H,2-20H2,1H3. The molecular formula is C22H42O4S. The van der Waals surface area contributed by atoms with Gasteiger partial charge in [-0.15, -0.1) is 0 Å². The van der Waals surface area contributed by atoms with Gasteiger partial charge in [0.25, 0.3) is 0 Å². The summed E-state index contributed by atoms with van der Waals surface area (Å²) < 4.78 is 28.4. The molecule has 0 radical (unpaired) electrons. The summed E-state index contributed by atoms with van der Waals surface area (Å²) in [5.74, 6) is -0.190. The van der Waals surface area contributed by atoms with Crippen molar-refractivity contribution < 1.29 is 17.9 Å². The van der Waals surface area contributed by atoms with E-state index in [4.69, 9.17) is 4.74 Å². The number of ether oxygens (including phenoxy) is 1. The fourth-order valence-electron chi connectivity index (χ4n) is 3.74. The monoisotopic (exact) mass is 402 g/mol. The van der Waals surface area contributed by atoms with E-state index in [0.29, 0.717) is 19.3 Å². The highest BCUT2D eigenvalue weighted by molar-refractivity contribution is 7.92. The van der Waals surface area contributed by atoms with Gasteiger partial charge in [0.15, 0.2) is 9.84 Å². The third-order valence-electron chi connectivity index (χ3n) is 5.52. The zero-order chi connectivity index (χ0) is 19.8. The highest BCUT2D eigenvalue weighted by atomic mass is 32.2. The van der Waals surface area contributed by atoms with Gasteiger partial charge in [-0.3, -0.25) is 4.79 Å². The molecule has 160 valence electrons. The Morgan fingerprint density at radius 2 is 1.22 bits per heavy atom. The largest absolute Gasteiger partial charge is 0.446 e. The molecule has 0 bridgehead atoms. The lowest BCUT2D eigenvalue weighted by atomic mass is 10.0. The Morgan fingerprint density at radius 1 is 0.778 bits per heavy atom. The number of hydrogen-bond donors (Lipinski definition) is 0. The van der Waals surface area contributed by atoms with Crippen molar-refractivity contribution in [2.45, 2.75) is 128 Å². The summed E-state index contributed by atoms with van der Waals surface area (Å²) in [5, 5.41) is 0. The summed E-state index contributed by atoms with van der Waals surface area (Å²) >= 11 is 0. The van der Waals surface area contributed by atoms with E-state index in [1.807, 2.05) is 0 Å². The van der Waals surface area contributed by atoms with E-state index in [1.54, 1.807) is 0 Å². The topological polar surface area (TPSA) is 60.4 Å². The molecular weight excluding hydrogens is 360 g/mol. The van der Waals surface area contributed by atoms with Gasteiger partial charge in [0.1, 0.15) is 0 Å². The second kappa shape index (κ2) is 15.4. The van der Waals surface area contributed by atoms with E-state index in [9.17, 15) is 13.2 Å². The van der Waals surface area contributed by atoms with E-state index in [2.05, 4.69) is 6.92 Å². The zero-order valence-corrected chi connectivity index (χ0v) is 18.4. The van der Waals surface area contributed by atoms with Crippen molar-refractivity contribution in [3.8, 4) is 0 Å². The number of unbranched alkanes of at least 4 members (excludes halogenated alkanes) is 14. The van der Waals surface area contributed by atoms with Crippen molar-refractivity contribution in [2.75, 3.05) is 5.75 Å². The summed E-state index contributed by atoms with van der Waals surface area (Å²) in [6, 6.07) is 0. The Balaban J connectivity index is 1.81. The minimum atomic E-state index is -3.18. The van der Waals surface area contributed by atoms with Crippen LogP contribution in [0.3, 0.4) is 0 Å². The molecule has 0 spiro atoms. The third kappa shape index (κ3) is 12.5. The Hall–Kier alpha value is -0.580. The van der Waals surface area contributed by atoms with Crippen LogP contribution in [0.25, 0.3) is 0 Å². The van der Waals surface area contributed by atoms with E-state index >= 15 is 0 Å². The summed E-state index contributed by atoms with van der Waals surface area (Å²) in [4.78, 5) is 11.7. The van der Waals surface area contributed by atoms with Gasteiger partial charge < -0.3 is 4.74 Å². The molecule has 0 N–H and O–H groups in total. The molecule has 0 aromatic rings. The first kappa shape index (κ1) is 24.5. The molecule has 0 aliphatic carbocycles. The summed E-state index contributed by atoms with van der Waals surface area (Å²) in [7, 11) is -3.18. The molecule has 1 atom stereocenters. The van der Waals surface area contributed by atoms with Crippen LogP contribution in [0.15, 0.2) is 0 Å². The third-order valence-corrected chi connectivity index (χ3v) is 7.51. The first-order valence-corrected chi connectivity index (χ1v) is 13.2. The maximum absolute atomic E-state index is 11.7. The molecule has 1 aliphatic heterocycles. The number of carbonyl (C=O) groups excluding carboxylic acids is 1. The van der Waals surface area contributed by atoms with Gasteiger partial charge in [-0.25, -0.2) is 8.42 Å². The average Bonchev–Trinajstić information content (AvgIpc) is 2.96. The summed E-state index contributed by atoms with van der Waals surface area (Å²) in [6.45, 7) is 2.26. The van der Waals surface area contributed by atoms with Crippen molar-refractivity contribution in [2.24, 2.45) is 0 Å². The second-order valence-corrected chi connectivity index (χ2v) is 10.4. The number of hydrogen-bond acceptors (Lipinski definition) is 4. The molecule has 0 amide bonds. The Labute approximate surface area is 167 Å². The quantitative estimate of drug-likeness (QED) is 0.211. The van der Waals surface area contributed by atoms with Crippen molar-refractivity contribution in [1.29, 1.82) is 0 Å². The first-order chi connectivity index (χ1) is 13.1. The van der Waals surface area contributed by atoms with E-state index in [1.165, 1.54) is 77.0 Å². The maximum atomic E-state index is 11.7. The van der Waals surface area contributed by atoms with Crippen molar-refractivity contribution in [3.63, 3.8) is 0 Å². The number of esters is 1. The fourth-order valence-corrected chi connectivity index (χ4v) is 5.35. The van der Waals surface area contributed by atoms with E-state index in [0.717, 1.165) is 19.3 Å². The van der Waals surface area contributed by atoms with Gasteiger partial charge >= 0.3 is 5.97 Å². The molecule has 4 nitrogen and oxygen atoms in total. The van der Waals surface area contributed by atoms with Crippen LogP contribution in [0.2, 0.25) is 0 Å². The predicted molar refractivity (Wildman–Crippen MR) is 112 cm³/mol. The van der Waals surface area contributed by atoms with Gasteiger partial charge in [-0.2, -0.15) is 0 Å². The smallest absolute Gasteiger partial charge is 0.307 e. The minimum Gasteiger partial charge on any atom is -0.446 e. The predicted octanol–water partition coefficient (Wildman–Crippen LogP) is 6.33. The summed E-state index contributed by atoms with van der Waals surface area (Å²) in [6.07, 6.45) is 20.8. The Morgan fingerprint density at radius 3 is 1.63 bits per heavy atom.